The highest BCUT2D eigenvalue weighted by molar-refractivity contribution is 6.49. The molecule has 2 nitrogen and oxygen atoms in total. The monoisotopic (exact) mass is 414 g/mol. The zero-order valence-electron chi connectivity index (χ0n) is 20.3. The van der Waals surface area contributed by atoms with Crippen LogP contribution in [0.4, 0.5) is 0 Å². The molecule has 0 aromatic heterocycles. The first-order valence-electron chi connectivity index (χ1n) is 11.3. The number of benzene rings is 1. The molecule has 0 fully saturated rings. The molecule has 3 heteroatoms. The lowest BCUT2D eigenvalue weighted by molar-refractivity contribution is 0.0559. The summed E-state index contributed by atoms with van der Waals surface area (Å²) in [4.78, 5) is 0. The predicted molar refractivity (Wildman–Crippen MR) is 129 cm³/mol. The summed E-state index contributed by atoms with van der Waals surface area (Å²) >= 11 is 0. The maximum atomic E-state index is 6.68. The van der Waals surface area contributed by atoms with Gasteiger partial charge in [-0.1, -0.05) is 23.3 Å². The average Bonchev–Trinajstić information content (AvgIpc) is 2.63. The largest absolute Gasteiger partial charge is 0.547 e. The topological polar surface area (TPSA) is 18.5 Å². The molecular formula is C26H42O2Si. The third-order valence-corrected chi connectivity index (χ3v) is 6.88. The van der Waals surface area contributed by atoms with E-state index < -0.39 is 9.04 Å². The van der Waals surface area contributed by atoms with Crippen LogP contribution in [0, 0.1) is 20.8 Å². The minimum Gasteiger partial charge on any atom is -0.547 e. The van der Waals surface area contributed by atoms with Crippen LogP contribution in [0.5, 0.6) is 11.5 Å². The number of fused-ring (bicyclic) bond motifs is 1. The Morgan fingerprint density at radius 3 is 2.34 bits per heavy atom. The van der Waals surface area contributed by atoms with Gasteiger partial charge in [-0.2, -0.15) is 0 Å². The van der Waals surface area contributed by atoms with E-state index >= 15 is 0 Å². The molecule has 0 spiro atoms. The van der Waals surface area contributed by atoms with E-state index in [1.165, 1.54) is 33.4 Å². The fourth-order valence-electron chi connectivity index (χ4n) is 4.18. The van der Waals surface area contributed by atoms with E-state index in [1.54, 1.807) is 0 Å². The second-order valence-electron chi connectivity index (χ2n) is 9.64. The van der Waals surface area contributed by atoms with Gasteiger partial charge < -0.3 is 9.16 Å². The second kappa shape index (κ2) is 10.0. The Bertz CT molecular complexity index is 785. The van der Waals surface area contributed by atoms with Crippen molar-refractivity contribution in [1.82, 2.24) is 0 Å². The normalized spacial score (nSPS) is 19.0. The van der Waals surface area contributed by atoms with Crippen molar-refractivity contribution in [3.05, 3.63) is 45.6 Å². The van der Waals surface area contributed by atoms with Crippen LogP contribution < -0.4 is 9.16 Å². The lowest BCUT2D eigenvalue weighted by Crippen LogP contribution is -2.37. The summed E-state index contributed by atoms with van der Waals surface area (Å²) in [5, 5.41) is 0. The summed E-state index contributed by atoms with van der Waals surface area (Å²) in [5.41, 5.74) is 7.98. The van der Waals surface area contributed by atoms with Crippen molar-refractivity contribution >= 4 is 9.04 Å². The van der Waals surface area contributed by atoms with E-state index in [9.17, 15) is 0 Å². The highest BCUT2D eigenvalue weighted by Gasteiger charge is 2.34. The van der Waals surface area contributed by atoms with Crippen LogP contribution in [0.25, 0.3) is 0 Å². The molecule has 1 aliphatic heterocycles. The molecule has 2 rings (SSSR count). The van der Waals surface area contributed by atoms with Gasteiger partial charge in [0.1, 0.15) is 17.1 Å². The Morgan fingerprint density at radius 1 is 1.03 bits per heavy atom. The van der Waals surface area contributed by atoms with E-state index in [0.717, 1.165) is 50.0 Å². The number of rotatable bonds is 8. The Morgan fingerprint density at radius 2 is 1.72 bits per heavy atom. The molecule has 1 heterocycles. The zero-order chi connectivity index (χ0) is 21.8. The maximum Gasteiger partial charge on any atom is 0.229 e. The summed E-state index contributed by atoms with van der Waals surface area (Å²) in [7, 11) is -1.13. The lowest BCUT2D eigenvalue weighted by atomic mass is 9.85. The molecule has 0 saturated carbocycles. The molecule has 0 saturated heterocycles. The Hall–Kier alpha value is -1.48. The van der Waals surface area contributed by atoms with Gasteiger partial charge in [-0.25, -0.2) is 0 Å². The van der Waals surface area contributed by atoms with Crippen molar-refractivity contribution in [2.45, 2.75) is 106 Å². The number of hydrogen-bond acceptors (Lipinski definition) is 2. The Kier molecular flexibility index (Phi) is 8.22. The van der Waals surface area contributed by atoms with Gasteiger partial charge in [-0.05, 0) is 117 Å². The molecule has 0 aliphatic carbocycles. The maximum absolute atomic E-state index is 6.68. The van der Waals surface area contributed by atoms with Gasteiger partial charge in [0.05, 0.1) is 0 Å². The molecule has 0 bridgehead atoms. The van der Waals surface area contributed by atoms with Crippen molar-refractivity contribution in [2.24, 2.45) is 0 Å². The van der Waals surface area contributed by atoms with Gasteiger partial charge >= 0.3 is 0 Å². The van der Waals surface area contributed by atoms with E-state index in [4.69, 9.17) is 9.16 Å². The fraction of sp³-hybridized carbons (Fsp3) is 0.615. The summed E-state index contributed by atoms with van der Waals surface area (Å²) in [6.45, 7) is 19.9. The van der Waals surface area contributed by atoms with Gasteiger partial charge in [-0.3, -0.25) is 0 Å². The number of hydrogen-bond donors (Lipinski definition) is 0. The summed E-state index contributed by atoms with van der Waals surface area (Å²) in [6, 6.07) is 0. The van der Waals surface area contributed by atoms with Crippen LogP contribution in [0.15, 0.2) is 23.3 Å². The zero-order valence-corrected chi connectivity index (χ0v) is 21.4. The quantitative estimate of drug-likeness (QED) is 0.323. The Balaban J connectivity index is 2.10. The average molecular weight is 415 g/mol. The van der Waals surface area contributed by atoms with E-state index in [2.05, 4.69) is 73.7 Å². The third-order valence-electron chi connectivity index (χ3n) is 6.17. The van der Waals surface area contributed by atoms with Gasteiger partial charge in [0.2, 0.25) is 9.04 Å². The molecule has 1 atom stereocenters. The third kappa shape index (κ3) is 6.25. The minimum absolute atomic E-state index is 0.0809. The first-order valence-corrected chi connectivity index (χ1v) is 14.1. The molecule has 1 aromatic rings. The highest BCUT2D eigenvalue weighted by Crippen LogP contribution is 2.45. The van der Waals surface area contributed by atoms with Gasteiger partial charge in [0.25, 0.3) is 0 Å². The van der Waals surface area contributed by atoms with Crippen molar-refractivity contribution < 1.29 is 9.16 Å². The molecule has 0 N–H and O–H groups in total. The van der Waals surface area contributed by atoms with Crippen molar-refractivity contribution in [2.75, 3.05) is 0 Å². The van der Waals surface area contributed by atoms with E-state index in [-0.39, 0.29) is 5.60 Å². The first-order chi connectivity index (χ1) is 13.5. The van der Waals surface area contributed by atoms with E-state index in [1.807, 2.05) is 0 Å². The van der Waals surface area contributed by atoms with Crippen LogP contribution >= 0.6 is 0 Å². The van der Waals surface area contributed by atoms with E-state index in [0.29, 0.717) is 0 Å². The number of ether oxygens (including phenoxy) is 1. The standard InChI is InChI=1S/C26H42O2Si/c1-18(2)12-10-13-19(3)14-11-16-26(7)17-15-23-22(6)24(28-29(8)9)20(4)21(5)25(23)27-26/h12,14,29H,10-11,13,15-17H2,1-9H3. The molecule has 29 heavy (non-hydrogen) atoms. The molecule has 0 radical (unpaired) electrons. The number of allylic oxidation sites excluding steroid dienone is 4. The van der Waals surface area contributed by atoms with Crippen LogP contribution in [0.1, 0.15) is 82.1 Å². The smallest absolute Gasteiger partial charge is 0.229 e. The molecule has 1 aliphatic rings. The SMILES string of the molecule is CC(C)=CCCC(C)=CCCC1(C)CCc2c(C)c(O[SiH](C)C)c(C)c(C)c2O1. The molecule has 162 valence electrons. The van der Waals surface area contributed by atoms with Crippen LogP contribution in [-0.2, 0) is 6.42 Å². The lowest BCUT2D eigenvalue weighted by Gasteiger charge is -2.38. The predicted octanol–water partition coefficient (Wildman–Crippen LogP) is 7.53. The first kappa shape index (κ1) is 23.8. The van der Waals surface area contributed by atoms with Crippen LogP contribution in [-0.4, -0.2) is 14.6 Å². The van der Waals surface area contributed by atoms with Gasteiger partial charge in [-0.15, -0.1) is 0 Å². The Labute approximate surface area is 181 Å². The summed E-state index contributed by atoms with van der Waals surface area (Å²) in [5.74, 6) is 2.24. The molecule has 0 amide bonds. The highest BCUT2D eigenvalue weighted by atomic mass is 28.3. The van der Waals surface area contributed by atoms with Crippen LogP contribution in [0.3, 0.4) is 0 Å². The molecular weight excluding hydrogens is 372 g/mol. The van der Waals surface area contributed by atoms with Crippen molar-refractivity contribution in [3.8, 4) is 11.5 Å². The summed E-state index contributed by atoms with van der Waals surface area (Å²) < 4.78 is 13.0. The van der Waals surface area contributed by atoms with Gasteiger partial charge in [0, 0.05) is 5.56 Å². The van der Waals surface area contributed by atoms with Crippen LogP contribution in [0.2, 0.25) is 13.1 Å². The second-order valence-corrected chi connectivity index (χ2v) is 12.0. The van der Waals surface area contributed by atoms with Crippen molar-refractivity contribution in [3.63, 3.8) is 0 Å². The fourth-order valence-corrected chi connectivity index (χ4v) is 5.01. The molecule has 1 aromatic carbocycles. The van der Waals surface area contributed by atoms with Crippen molar-refractivity contribution in [1.29, 1.82) is 0 Å². The van der Waals surface area contributed by atoms with Gasteiger partial charge in [0.15, 0.2) is 0 Å². The minimum atomic E-state index is -1.13. The summed E-state index contributed by atoms with van der Waals surface area (Å²) in [6.07, 6.45) is 11.4. The molecule has 1 unspecified atom stereocenters.